The third kappa shape index (κ3) is 5.28. The molecule has 0 aliphatic carbocycles. The highest BCUT2D eigenvalue weighted by molar-refractivity contribution is 5.83. The molecule has 0 radical (unpaired) electrons. The number of carbonyl (C=O) groups excluding carboxylic acids is 1. The summed E-state index contributed by atoms with van der Waals surface area (Å²) in [5, 5.41) is 9.97. The standard InChI is InChI=1S/C13H24N4O3/c1-10(9-20-6-5-19-4)16-13(18)12(14-2)11-7-15-17(3)8-11/h7-8,10,12,14H,5-6,9H2,1-4H3,(H,16,18). The Kier molecular flexibility index (Phi) is 7.21. The molecule has 0 aliphatic heterocycles. The molecule has 1 rings (SSSR count). The smallest absolute Gasteiger partial charge is 0.242 e. The minimum Gasteiger partial charge on any atom is -0.382 e. The molecule has 7 heteroatoms. The van der Waals surface area contributed by atoms with Crippen LogP contribution in [0.2, 0.25) is 0 Å². The number of aromatic nitrogens is 2. The average molecular weight is 284 g/mol. The predicted octanol–water partition coefficient (Wildman–Crippen LogP) is -0.152. The first-order chi connectivity index (χ1) is 9.58. The van der Waals surface area contributed by atoms with Gasteiger partial charge in [-0.25, -0.2) is 0 Å². The van der Waals surface area contributed by atoms with Gasteiger partial charge in [0.2, 0.25) is 5.91 Å². The van der Waals surface area contributed by atoms with Crippen molar-refractivity contribution in [1.82, 2.24) is 20.4 Å². The maximum absolute atomic E-state index is 12.2. The Morgan fingerprint density at radius 3 is 2.80 bits per heavy atom. The molecular weight excluding hydrogens is 260 g/mol. The van der Waals surface area contributed by atoms with Crippen LogP contribution < -0.4 is 10.6 Å². The number of hydrogen-bond acceptors (Lipinski definition) is 5. The highest BCUT2D eigenvalue weighted by atomic mass is 16.5. The summed E-state index contributed by atoms with van der Waals surface area (Å²) in [6.45, 7) is 3.43. The molecule has 1 amide bonds. The number of ether oxygens (including phenoxy) is 2. The second kappa shape index (κ2) is 8.68. The maximum atomic E-state index is 12.2. The van der Waals surface area contributed by atoms with E-state index in [0.29, 0.717) is 19.8 Å². The van der Waals surface area contributed by atoms with Crippen LogP contribution in [0, 0.1) is 0 Å². The van der Waals surface area contributed by atoms with Crippen LogP contribution in [0.1, 0.15) is 18.5 Å². The Balaban J connectivity index is 2.43. The normalized spacial score (nSPS) is 14.0. The lowest BCUT2D eigenvalue weighted by Crippen LogP contribution is -2.42. The molecule has 2 atom stereocenters. The number of likely N-dealkylation sites (N-methyl/N-ethyl adjacent to an activating group) is 1. The Morgan fingerprint density at radius 2 is 2.25 bits per heavy atom. The van der Waals surface area contributed by atoms with E-state index in [-0.39, 0.29) is 11.9 Å². The van der Waals surface area contributed by atoms with Crippen molar-refractivity contribution in [2.45, 2.75) is 19.0 Å². The van der Waals surface area contributed by atoms with Crippen molar-refractivity contribution < 1.29 is 14.3 Å². The fourth-order valence-electron chi connectivity index (χ4n) is 1.81. The van der Waals surface area contributed by atoms with Crippen molar-refractivity contribution >= 4 is 5.91 Å². The second-order valence-corrected chi connectivity index (χ2v) is 4.65. The number of rotatable bonds is 9. The van der Waals surface area contributed by atoms with E-state index in [0.717, 1.165) is 5.56 Å². The number of nitrogens with zero attached hydrogens (tertiary/aromatic N) is 2. The van der Waals surface area contributed by atoms with Gasteiger partial charge in [0.05, 0.1) is 26.0 Å². The van der Waals surface area contributed by atoms with Gasteiger partial charge in [0.25, 0.3) is 0 Å². The molecule has 0 spiro atoms. The largest absolute Gasteiger partial charge is 0.382 e. The van der Waals surface area contributed by atoms with Crippen LogP contribution in [0.3, 0.4) is 0 Å². The molecule has 0 aliphatic rings. The molecule has 0 fully saturated rings. The third-order valence-corrected chi connectivity index (χ3v) is 2.80. The van der Waals surface area contributed by atoms with Crippen molar-refractivity contribution in [3.63, 3.8) is 0 Å². The fraction of sp³-hybridized carbons (Fsp3) is 0.692. The van der Waals surface area contributed by atoms with Crippen molar-refractivity contribution in [1.29, 1.82) is 0 Å². The first-order valence-corrected chi connectivity index (χ1v) is 6.61. The maximum Gasteiger partial charge on any atom is 0.242 e. The predicted molar refractivity (Wildman–Crippen MR) is 75.3 cm³/mol. The molecule has 7 nitrogen and oxygen atoms in total. The lowest BCUT2D eigenvalue weighted by molar-refractivity contribution is -0.124. The Bertz CT molecular complexity index is 408. The highest BCUT2D eigenvalue weighted by Gasteiger charge is 2.21. The SMILES string of the molecule is CNC(C(=O)NC(C)COCCOC)c1cnn(C)c1. The number of amides is 1. The van der Waals surface area contributed by atoms with Gasteiger partial charge in [-0.15, -0.1) is 0 Å². The van der Waals surface area contributed by atoms with Crippen LogP contribution in [-0.2, 0) is 21.3 Å². The van der Waals surface area contributed by atoms with Gasteiger partial charge in [-0.3, -0.25) is 9.48 Å². The number of hydrogen-bond donors (Lipinski definition) is 2. The number of aryl methyl sites for hydroxylation is 1. The zero-order valence-corrected chi connectivity index (χ0v) is 12.5. The summed E-state index contributed by atoms with van der Waals surface area (Å²) in [5.41, 5.74) is 0.833. The number of nitrogens with one attached hydrogen (secondary N) is 2. The van der Waals surface area contributed by atoms with Crippen molar-refractivity contribution in [2.24, 2.45) is 7.05 Å². The Hall–Kier alpha value is -1.44. The molecule has 1 aromatic rings. The van der Waals surface area contributed by atoms with Crippen LogP contribution in [0.25, 0.3) is 0 Å². The molecule has 2 N–H and O–H groups in total. The van der Waals surface area contributed by atoms with E-state index in [4.69, 9.17) is 9.47 Å². The molecule has 1 aromatic heterocycles. The van der Waals surface area contributed by atoms with E-state index in [1.54, 1.807) is 25.0 Å². The van der Waals surface area contributed by atoms with Crippen LogP contribution >= 0.6 is 0 Å². The van der Waals surface area contributed by atoms with Crippen LogP contribution in [0.15, 0.2) is 12.4 Å². The number of methoxy groups -OCH3 is 1. The van der Waals surface area contributed by atoms with Crippen LogP contribution in [-0.4, -0.2) is 55.7 Å². The zero-order chi connectivity index (χ0) is 15.0. The van der Waals surface area contributed by atoms with Gasteiger partial charge < -0.3 is 20.1 Å². The second-order valence-electron chi connectivity index (χ2n) is 4.65. The highest BCUT2D eigenvalue weighted by Crippen LogP contribution is 2.11. The number of carbonyl (C=O) groups is 1. The molecule has 2 unspecified atom stereocenters. The molecule has 114 valence electrons. The summed E-state index contributed by atoms with van der Waals surface area (Å²) in [6, 6.07) is -0.475. The minimum absolute atomic E-state index is 0.0631. The Labute approximate surface area is 119 Å². The van der Waals surface area contributed by atoms with E-state index in [9.17, 15) is 4.79 Å². The van der Waals surface area contributed by atoms with E-state index in [1.165, 1.54) is 0 Å². The fourth-order valence-corrected chi connectivity index (χ4v) is 1.81. The van der Waals surface area contributed by atoms with E-state index >= 15 is 0 Å². The van der Waals surface area contributed by atoms with Gasteiger partial charge >= 0.3 is 0 Å². The summed E-state index contributed by atoms with van der Waals surface area (Å²) >= 11 is 0. The molecular formula is C13H24N4O3. The third-order valence-electron chi connectivity index (χ3n) is 2.80. The molecule has 0 bridgehead atoms. The van der Waals surface area contributed by atoms with Gasteiger partial charge in [-0.2, -0.15) is 5.10 Å². The van der Waals surface area contributed by atoms with Gasteiger partial charge in [-0.1, -0.05) is 0 Å². The monoisotopic (exact) mass is 284 g/mol. The minimum atomic E-state index is -0.412. The van der Waals surface area contributed by atoms with E-state index in [1.807, 2.05) is 20.2 Å². The zero-order valence-electron chi connectivity index (χ0n) is 12.5. The summed E-state index contributed by atoms with van der Waals surface area (Å²) in [7, 11) is 5.19. The lowest BCUT2D eigenvalue weighted by atomic mass is 10.1. The quantitative estimate of drug-likeness (QED) is 0.617. The summed E-state index contributed by atoms with van der Waals surface area (Å²) in [4.78, 5) is 12.2. The van der Waals surface area contributed by atoms with Crippen molar-refractivity contribution in [3.05, 3.63) is 18.0 Å². The summed E-state index contributed by atoms with van der Waals surface area (Å²) in [6.07, 6.45) is 3.50. The molecule has 0 saturated heterocycles. The Morgan fingerprint density at radius 1 is 1.50 bits per heavy atom. The van der Waals surface area contributed by atoms with Crippen molar-refractivity contribution in [2.75, 3.05) is 34.0 Å². The summed E-state index contributed by atoms with van der Waals surface area (Å²) < 4.78 is 11.9. The van der Waals surface area contributed by atoms with Gasteiger partial charge in [0.15, 0.2) is 0 Å². The van der Waals surface area contributed by atoms with Gasteiger partial charge in [0.1, 0.15) is 6.04 Å². The molecule has 0 aromatic carbocycles. The molecule has 0 saturated carbocycles. The lowest BCUT2D eigenvalue weighted by Gasteiger charge is -2.19. The first kappa shape index (κ1) is 16.6. The van der Waals surface area contributed by atoms with Gasteiger partial charge in [0, 0.05) is 32.0 Å². The van der Waals surface area contributed by atoms with Crippen LogP contribution in [0.4, 0.5) is 0 Å². The first-order valence-electron chi connectivity index (χ1n) is 6.61. The van der Waals surface area contributed by atoms with E-state index < -0.39 is 6.04 Å². The summed E-state index contributed by atoms with van der Waals surface area (Å²) in [5.74, 6) is -0.0941. The van der Waals surface area contributed by atoms with E-state index in [2.05, 4.69) is 15.7 Å². The van der Waals surface area contributed by atoms with Crippen molar-refractivity contribution in [3.8, 4) is 0 Å². The van der Waals surface area contributed by atoms with Crippen LogP contribution in [0.5, 0.6) is 0 Å². The molecule has 20 heavy (non-hydrogen) atoms. The molecule has 1 heterocycles. The van der Waals surface area contributed by atoms with Gasteiger partial charge in [-0.05, 0) is 14.0 Å². The average Bonchev–Trinajstić information content (AvgIpc) is 2.82. The topological polar surface area (TPSA) is 77.4 Å².